The first kappa shape index (κ1) is 11.1. The molecule has 0 saturated heterocycles. The van der Waals surface area contributed by atoms with Crippen molar-refractivity contribution in [1.29, 1.82) is 0 Å². The molecule has 2 aliphatic carbocycles. The van der Waals surface area contributed by atoms with E-state index in [4.69, 9.17) is 0 Å². The lowest BCUT2D eigenvalue weighted by Crippen LogP contribution is -2.23. The summed E-state index contributed by atoms with van der Waals surface area (Å²) in [4.78, 5) is 0. The maximum atomic E-state index is 2.40. The first-order chi connectivity index (χ1) is 5.77. The lowest BCUT2D eigenvalue weighted by molar-refractivity contribution is 0.171. The smallest absolute Gasteiger partial charge is 0.0383 e. The van der Waals surface area contributed by atoms with Gasteiger partial charge < -0.3 is 0 Å². The van der Waals surface area contributed by atoms with E-state index < -0.39 is 0 Å². The minimum absolute atomic E-state index is 0. The highest BCUT2D eigenvalue weighted by Crippen LogP contribution is 2.45. The molecule has 2 saturated carbocycles. The van der Waals surface area contributed by atoms with E-state index in [-0.39, 0.29) is 7.43 Å². The normalized spacial score (nSPS) is 38.5. The largest absolute Gasteiger partial charge is 0.0776 e. The predicted octanol–water partition coefficient (Wildman–Crippen LogP) is 4.49. The Morgan fingerprint density at radius 1 is 0.923 bits per heavy atom. The first-order valence-corrected chi connectivity index (χ1v) is 5.77. The summed E-state index contributed by atoms with van der Waals surface area (Å²) >= 11 is 0. The number of fused-ring (bicyclic) bond motifs is 1. The van der Waals surface area contributed by atoms with Crippen molar-refractivity contribution >= 4 is 0 Å². The van der Waals surface area contributed by atoms with Gasteiger partial charge in [0.15, 0.2) is 0 Å². The van der Waals surface area contributed by atoms with E-state index in [1.807, 2.05) is 0 Å². The lowest BCUT2D eigenvalue weighted by Gasteiger charge is -2.34. The zero-order chi connectivity index (χ0) is 8.55. The molecule has 0 nitrogen and oxygen atoms in total. The summed E-state index contributed by atoms with van der Waals surface area (Å²) in [5.74, 6) is 4.27. The lowest BCUT2D eigenvalue weighted by atomic mass is 9.72. The van der Waals surface area contributed by atoms with Crippen molar-refractivity contribution in [3.63, 3.8) is 0 Å². The summed E-state index contributed by atoms with van der Waals surface area (Å²) in [7, 11) is 0. The molecule has 0 aromatic rings. The van der Waals surface area contributed by atoms with Crippen LogP contribution in [0.3, 0.4) is 0 Å². The molecule has 78 valence electrons. The van der Waals surface area contributed by atoms with Gasteiger partial charge in [0.25, 0.3) is 0 Å². The molecule has 0 heterocycles. The van der Waals surface area contributed by atoms with Crippen molar-refractivity contribution in [3.8, 4) is 0 Å². The van der Waals surface area contributed by atoms with Gasteiger partial charge in [-0.25, -0.2) is 0 Å². The Kier molecular flexibility index (Phi) is 3.82. The SMILES string of the molecule is C.CC(C)C1CCC2CCCC2C1. The average Bonchev–Trinajstić information content (AvgIpc) is 2.49. The van der Waals surface area contributed by atoms with Gasteiger partial charge in [-0.2, -0.15) is 0 Å². The molecule has 0 heteroatoms. The van der Waals surface area contributed by atoms with Gasteiger partial charge in [0.1, 0.15) is 0 Å². The Balaban J connectivity index is 0.000000845. The summed E-state index contributed by atoms with van der Waals surface area (Å²) in [5.41, 5.74) is 0. The van der Waals surface area contributed by atoms with Crippen molar-refractivity contribution in [2.24, 2.45) is 23.7 Å². The van der Waals surface area contributed by atoms with Crippen molar-refractivity contribution in [3.05, 3.63) is 0 Å². The monoisotopic (exact) mass is 182 g/mol. The van der Waals surface area contributed by atoms with E-state index in [0.717, 1.165) is 23.7 Å². The van der Waals surface area contributed by atoms with Crippen molar-refractivity contribution in [2.45, 2.75) is 59.8 Å². The van der Waals surface area contributed by atoms with E-state index in [1.54, 1.807) is 25.7 Å². The standard InChI is InChI=1S/C12H22.CH4/c1-9(2)11-7-6-10-4-3-5-12(10)8-11;/h9-12H,3-8H2,1-2H3;1H4. The summed E-state index contributed by atoms with van der Waals surface area (Å²) in [6.45, 7) is 4.81. The third kappa shape index (κ3) is 2.27. The van der Waals surface area contributed by atoms with Crippen LogP contribution in [0.25, 0.3) is 0 Å². The van der Waals surface area contributed by atoms with Crippen LogP contribution in [-0.2, 0) is 0 Å². The van der Waals surface area contributed by atoms with Crippen molar-refractivity contribution in [1.82, 2.24) is 0 Å². The zero-order valence-corrected chi connectivity index (χ0v) is 8.55. The van der Waals surface area contributed by atoms with Crippen LogP contribution in [0.4, 0.5) is 0 Å². The van der Waals surface area contributed by atoms with Gasteiger partial charge in [-0.05, 0) is 42.9 Å². The molecule has 2 rings (SSSR count). The molecule has 13 heavy (non-hydrogen) atoms. The average molecular weight is 182 g/mol. The summed E-state index contributed by atoms with van der Waals surface area (Å²) in [5, 5.41) is 0. The second-order valence-corrected chi connectivity index (χ2v) is 5.27. The van der Waals surface area contributed by atoms with Gasteiger partial charge in [-0.1, -0.05) is 40.5 Å². The van der Waals surface area contributed by atoms with Crippen LogP contribution < -0.4 is 0 Å². The third-order valence-electron chi connectivity index (χ3n) is 4.27. The van der Waals surface area contributed by atoms with Gasteiger partial charge in [-0.15, -0.1) is 0 Å². The van der Waals surface area contributed by atoms with Gasteiger partial charge in [0.05, 0.1) is 0 Å². The first-order valence-electron chi connectivity index (χ1n) is 5.77. The molecule has 0 bridgehead atoms. The Hall–Kier alpha value is 0. The second kappa shape index (κ2) is 4.48. The summed E-state index contributed by atoms with van der Waals surface area (Å²) < 4.78 is 0. The van der Waals surface area contributed by atoms with Crippen LogP contribution in [0.5, 0.6) is 0 Å². The molecule has 0 aromatic heterocycles. The van der Waals surface area contributed by atoms with Gasteiger partial charge in [0, 0.05) is 0 Å². The van der Waals surface area contributed by atoms with Crippen LogP contribution in [0.15, 0.2) is 0 Å². The van der Waals surface area contributed by atoms with Crippen LogP contribution in [-0.4, -0.2) is 0 Å². The Bertz CT molecular complexity index is 148. The molecular formula is C13H26. The molecule has 3 atom stereocenters. The number of rotatable bonds is 1. The molecule has 0 spiro atoms. The zero-order valence-electron chi connectivity index (χ0n) is 8.55. The second-order valence-electron chi connectivity index (χ2n) is 5.27. The maximum Gasteiger partial charge on any atom is -0.0383 e. The highest BCUT2D eigenvalue weighted by molar-refractivity contribution is 4.85. The Labute approximate surface area is 84.1 Å². The van der Waals surface area contributed by atoms with Gasteiger partial charge in [-0.3, -0.25) is 0 Å². The molecular weight excluding hydrogens is 156 g/mol. The van der Waals surface area contributed by atoms with Gasteiger partial charge >= 0.3 is 0 Å². The van der Waals surface area contributed by atoms with E-state index >= 15 is 0 Å². The highest BCUT2D eigenvalue weighted by atomic mass is 14.4. The molecule has 2 aliphatic rings. The molecule has 0 aromatic carbocycles. The van der Waals surface area contributed by atoms with E-state index in [2.05, 4.69) is 13.8 Å². The fourth-order valence-electron chi connectivity index (χ4n) is 3.34. The third-order valence-corrected chi connectivity index (χ3v) is 4.27. The molecule has 0 radical (unpaired) electrons. The highest BCUT2D eigenvalue weighted by Gasteiger charge is 2.34. The molecule has 2 fully saturated rings. The van der Waals surface area contributed by atoms with Gasteiger partial charge in [0.2, 0.25) is 0 Å². The Morgan fingerprint density at radius 3 is 2.31 bits per heavy atom. The van der Waals surface area contributed by atoms with Crippen LogP contribution in [0, 0.1) is 23.7 Å². The van der Waals surface area contributed by atoms with Crippen molar-refractivity contribution in [2.75, 3.05) is 0 Å². The van der Waals surface area contributed by atoms with Crippen molar-refractivity contribution < 1.29 is 0 Å². The predicted molar refractivity (Wildman–Crippen MR) is 59.7 cm³/mol. The van der Waals surface area contributed by atoms with E-state index in [0.29, 0.717) is 0 Å². The summed E-state index contributed by atoms with van der Waals surface area (Å²) in [6, 6.07) is 0. The summed E-state index contributed by atoms with van der Waals surface area (Å²) in [6.07, 6.45) is 9.26. The molecule has 3 unspecified atom stereocenters. The fourth-order valence-corrected chi connectivity index (χ4v) is 3.34. The minimum Gasteiger partial charge on any atom is -0.0776 e. The molecule has 0 amide bonds. The molecule has 0 N–H and O–H groups in total. The molecule has 0 aliphatic heterocycles. The minimum atomic E-state index is 0. The van der Waals surface area contributed by atoms with Crippen LogP contribution in [0.2, 0.25) is 0 Å². The number of hydrogen-bond acceptors (Lipinski definition) is 0. The van der Waals surface area contributed by atoms with Crippen LogP contribution >= 0.6 is 0 Å². The number of hydrogen-bond donors (Lipinski definition) is 0. The van der Waals surface area contributed by atoms with Crippen LogP contribution in [0.1, 0.15) is 59.8 Å². The topological polar surface area (TPSA) is 0 Å². The van der Waals surface area contributed by atoms with E-state index in [1.165, 1.54) is 12.8 Å². The maximum absolute atomic E-state index is 2.40. The quantitative estimate of drug-likeness (QED) is 0.560. The Morgan fingerprint density at radius 2 is 1.62 bits per heavy atom. The van der Waals surface area contributed by atoms with E-state index in [9.17, 15) is 0 Å². The fraction of sp³-hybridized carbons (Fsp3) is 1.00.